The van der Waals surface area contributed by atoms with Crippen molar-refractivity contribution < 1.29 is 8.81 Å². The van der Waals surface area contributed by atoms with Gasteiger partial charge < -0.3 is 15.1 Å². The first-order valence-electron chi connectivity index (χ1n) is 6.54. The van der Waals surface area contributed by atoms with E-state index in [9.17, 15) is 4.39 Å². The van der Waals surface area contributed by atoms with Crippen LogP contribution < -0.4 is 10.6 Å². The summed E-state index contributed by atoms with van der Waals surface area (Å²) in [5.74, 6) is 0.295. The van der Waals surface area contributed by atoms with Crippen molar-refractivity contribution in [3.63, 3.8) is 0 Å². The van der Waals surface area contributed by atoms with Crippen LogP contribution in [-0.4, -0.2) is 17.2 Å². The number of hydrogen-bond acceptors (Lipinski definition) is 5. The summed E-state index contributed by atoms with van der Waals surface area (Å²) in [5.41, 5.74) is 1.46. The van der Waals surface area contributed by atoms with Gasteiger partial charge in [-0.2, -0.15) is 0 Å². The molecule has 1 aromatic heterocycles. The zero-order valence-electron chi connectivity index (χ0n) is 12.1. The van der Waals surface area contributed by atoms with Crippen molar-refractivity contribution in [2.45, 2.75) is 32.9 Å². The minimum Gasteiger partial charge on any atom is -0.406 e. The van der Waals surface area contributed by atoms with E-state index in [4.69, 9.17) is 4.42 Å². The Hall–Kier alpha value is -1.95. The first kappa shape index (κ1) is 14.5. The van der Waals surface area contributed by atoms with Crippen molar-refractivity contribution in [1.82, 2.24) is 15.5 Å². The second-order valence-corrected chi connectivity index (χ2v) is 4.83. The molecule has 0 bridgehead atoms. The van der Waals surface area contributed by atoms with E-state index in [-0.39, 0.29) is 17.9 Å². The summed E-state index contributed by atoms with van der Waals surface area (Å²) in [6.45, 7) is 5.58. The maximum atomic E-state index is 13.5. The molecule has 0 aliphatic rings. The second-order valence-electron chi connectivity index (χ2n) is 4.83. The molecule has 0 spiro atoms. The summed E-state index contributed by atoms with van der Waals surface area (Å²) in [6, 6.07) is 5.35. The molecule has 6 heteroatoms. The van der Waals surface area contributed by atoms with Gasteiger partial charge >= 0.3 is 6.01 Å². The molecule has 2 rings (SSSR count). The Kier molecular flexibility index (Phi) is 4.34. The number of aryl methyl sites for hydroxylation is 1. The highest BCUT2D eigenvalue weighted by Gasteiger charge is 2.14. The number of aromatic nitrogens is 2. The van der Waals surface area contributed by atoms with E-state index < -0.39 is 0 Å². The Morgan fingerprint density at radius 2 is 1.95 bits per heavy atom. The Labute approximate surface area is 117 Å². The van der Waals surface area contributed by atoms with Crippen LogP contribution in [0.4, 0.5) is 10.4 Å². The van der Waals surface area contributed by atoms with E-state index in [0.29, 0.717) is 17.5 Å². The van der Waals surface area contributed by atoms with E-state index in [1.54, 1.807) is 13.0 Å². The summed E-state index contributed by atoms with van der Waals surface area (Å²) < 4.78 is 19.0. The number of benzene rings is 1. The van der Waals surface area contributed by atoms with Gasteiger partial charge in [0.15, 0.2) is 0 Å². The fraction of sp³-hybridized carbons (Fsp3) is 0.429. The number of anilines is 1. The molecule has 2 N–H and O–H groups in total. The molecule has 2 atom stereocenters. The van der Waals surface area contributed by atoms with Gasteiger partial charge in [0.2, 0.25) is 5.89 Å². The maximum absolute atomic E-state index is 13.5. The average Bonchev–Trinajstić information content (AvgIpc) is 2.89. The van der Waals surface area contributed by atoms with Crippen molar-refractivity contribution in [2.24, 2.45) is 0 Å². The van der Waals surface area contributed by atoms with Crippen LogP contribution in [-0.2, 0) is 0 Å². The zero-order valence-corrected chi connectivity index (χ0v) is 12.1. The first-order valence-corrected chi connectivity index (χ1v) is 6.54. The fourth-order valence-corrected chi connectivity index (χ4v) is 1.74. The molecule has 108 valence electrons. The van der Waals surface area contributed by atoms with Crippen molar-refractivity contribution in [3.8, 4) is 0 Å². The Balaban J connectivity index is 2.09. The third kappa shape index (κ3) is 3.14. The topological polar surface area (TPSA) is 63.0 Å². The van der Waals surface area contributed by atoms with Gasteiger partial charge in [-0.05, 0) is 45.0 Å². The lowest BCUT2D eigenvalue weighted by Crippen LogP contribution is -2.12. The standard InChI is InChI=1S/C14H19FN4O/c1-8-5-6-11(7-12(8)15)9(2)17-14-19-18-13(20-14)10(3)16-4/h5-7,9-10,16H,1-4H3,(H,17,19). The smallest absolute Gasteiger partial charge is 0.315 e. The molecule has 0 amide bonds. The highest BCUT2D eigenvalue weighted by molar-refractivity contribution is 5.31. The molecule has 5 nitrogen and oxygen atoms in total. The summed E-state index contributed by atoms with van der Waals surface area (Å²) in [5, 5.41) is 14.0. The maximum Gasteiger partial charge on any atom is 0.315 e. The highest BCUT2D eigenvalue weighted by atomic mass is 19.1. The van der Waals surface area contributed by atoms with E-state index in [0.717, 1.165) is 5.56 Å². The summed E-state index contributed by atoms with van der Waals surface area (Å²) in [6.07, 6.45) is 0. The van der Waals surface area contributed by atoms with Gasteiger partial charge in [0.25, 0.3) is 0 Å². The average molecular weight is 278 g/mol. The molecule has 20 heavy (non-hydrogen) atoms. The molecule has 2 unspecified atom stereocenters. The number of nitrogens with one attached hydrogen (secondary N) is 2. The van der Waals surface area contributed by atoms with Crippen molar-refractivity contribution >= 4 is 6.01 Å². The molecule has 1 aromatic carbocycles. The molecule has 0 radical (unpaired) electrons. The van der Waals surface area contributed by atoms with Crippen LogP contribution in [0.25, 0.3) is 0 Å². The van der Waals surface area contributed by atoms with Crippen LogP contribution in [0, 0.1) is 12.7 Å². The Morgan fingerprint density at radius 1 is 1.20 bits per heavy atom. The van der Waals surface area contributed by atoms with Crippen LogP contribution in [0.5, 0.6) is 0 Å². The third-order valence-electron chi connectivity index (χ3n) is 3.28. The molecule has 1 heterocycles. The minimum absolute atomic E-state index is 0.00910. The second kappa shape index (κ2) is 6.00. The van der Waals surface area contributed by atoms with E-state index in [2.05, 4.69) is 20.8 Å². The molecule has 0 aliphatic heterocycles. The van der Waals surface area contributed by atoms with Gasteiger partial charge in [0.1, 0.15) is 5.82 Å². The van der Waals surface area contributed by atoms with Crippen molar-refractivity contribution in [3.05, 3.63) is 41.0 Å². The summed E-state index contributed by atoms with van der Waals surface area (Å²) >= 11 is 0. The fourth-order valence-electron chi connectivity index (χ4n) is 1.74. The predicted molar refractivity (Wildman–Crippen MR) is 74.9 cm³/mol. The van der Waals surface area contributed by atoms with Crippen LogP contribution in [0.2, 0.25) is 0 Å². The van der Waals surface area contributed by atoms with Gasteiger partial charge in [0.05, 0.1) is 12.1 Å². The third-order valence-corrected chi connectivity index (χ3v) is 3.28. The van der Waals surface area contributed by atoms with E-state index in [1.807, 2.05) is 27.0 Å². The first-order chi connectivity index (χ1) is 9.51. The van der Waals surface area contributed by atoms with Crippen LogP contribution in [0.3, 0.4) is 0 Å². The molecule has 0 fully saturated rings. The van der Waals surface area contributed by atoms with Gasteiger partial charge in [-0.25, -0.2) is 4.39 Å². The summed E-state index contributed by atoms with van der Waals surface area (Å²) in [7, 11) is 1.82. The summed E-state index contributed by atoms with van der Waals surface area (Å²) in [4.78, 5) is 0. The van der Waals surface area contributed by atoms with Crippen molar-refractivity contribution in [1.29, 1.82) is 0 Å². The van der Waals surface area contributed by atoms with Crippen molar-refractivity contribution in [2.75, 3.05) is 12.4 Å². The van der Waals surface area contributed by atoms with Gasteiger partial charge in [0, 0.05) is 0 Å². The molecule has 0 saturated carbocycles. The van der Waals surface area contributed by atoms with E-state index >= 15 is 0 Å². The normalized spacial score (nSPS) is 14.1. The number of nitrogens with zero attached hydrogens (tertiary/aromatic N) is 2. The SMILES string of the molecule is CNC(C)c1nnc(NC(C)c2ccc(C)c(F)c2)o1. The Bertz CT molecular complexity index is 584. The minimum atomic E-state index is -0.217. The lowest BCUT2D eigenvalue weighted by atomic mass is 10.1. The number of halogens is 1. The monoisotopic (exact) mass is 278 g/mol. The predicted octanol–water partition coefficient (Wildman–Crippen LogP) is 2.97. The molecular formula is C14H19FN4O. The van der Waals surface area contributed by atoms with Crippen LogP contribution in [0.15, 0.2) is 22.6 Å². The van der Waals surface area contributed by atoms with E-state index in [1.165, 1.54) is 6.07 Å². The molecule has 0 aliphatic carbocycles. The largest absolute Gasteiger partial charge is 0.406 e. The lowest BCUT2D eigenvalue weighted by molar-refractivity contribution is 0.439. The molecular weight excluding hydrogens is 259 g/mol. The van der Waals surface area contributed by atoms with Crippen LogP contribution >= 0.6 is 0 Å². The van der Waals surface area contributed by atoms with Gasteiger partial charge in [-0.15, -0.1) is 5.10 Å². The Morgan fingerprint density at radius 3 is 2.60 bits per heavy atom. The quantitative estimate of drug-likeness (QED) is 0.880. The van der Waals surface area contributed by atoms with Gasteiger partial charge in [-0.3, -0.25) is 0 Å². The number of hydrogen-bond donors (Lipinski definition) is 2. The highest BCUT2D eigenvalue weighted by Crippen LogP contribution is 2.21. The molecule has 2 aromatic rings. The molecule has 0 saturated heterocycles. The lowest BCUT2D eigenvalue weighted by Gasteiger charge is -2.13. The van der Waals surface area contributed by atoms with Crippen LogP contribution in [0.1, 0.15) is 42.9 Å². The number of rotatable bonds is 5. The zero-order chi connectivity index (χ0) is 14.7. The van der Waals surface area contributed by atoms with Gasteiger partial charge in [-0.1, -0.05) is 17.2 Å².